The van der Waals surface area contributed by atoms with E-state index in [1.807, 2.05) is 16.7 Å². The smallest absolute Gasteiger partial charge is 0.260 e. The van der Waals surface area contributed by atoms with Crippen LogP contribution in [0.5, 0.6) is 0 Å². The maximum absolute atomic E-state index is 12.5. The summed E-state index contributed by atoms with van der Waals surface area (Å²) < 4.78 is 14.1. The zero-order valence-corrected chi connectivity index (χ0v) is 15.0. The molecule has 2 aromatic heterocycles. The third-order valence-corrected chi connectivity index (χ3v) is 4.49. The van der Waals surface area contributed by atoms with Gasteiger partial charge in [0.15, 0.2) is 11.6 Å². The van der Waals surface area contributed by atoms with E-state index in [2.05, 4.69) is 23.0 Å². The molecule has 0 unspecified atom stereocenters. The van der Waals surface area contributed by atoms with E-state index < -0.39 is 5.82 Å². The van der Waals surface area contributed by atoms with Crippen molar-refractivity contribution in [3.63, 3.8) is 0 Å². The molecule has 0 atom stereocenters. The fraction of sp³-hybridized carbons (Fsp3) is 0.278. The molecule has 0 radical (unpaired) electrons. The molecule has 1 aliphatic rings. The van der Waals surface area contributed by atoms with Crippen LogP contribution in [0.3, 0.4) is 0 Å². The second kappa shape index (κ2) is 7.29. The average molecular weight is 376 g/mol. The lowest BCUT2D eigenvalue weighted by molar-refractivity contribution is 0.620. The molecule has 4 rings (SSSR count). The third kappa shape index (κ3) is 3.62. The van der Waals surface area contributed by atoms with E-state index in [0.717, 1.165) is 36.5 Å². The van der Waals surface area contributed by atoms with Gasteiger partial charge in [-0.25, -0.2) is 9.37 Å². The van der Waals surface area contributed by atoms with Gasteiger partial charge in [0, 0.05) is 11.7 Å². The van der Waals surface area contributed by atoms with E-state index >= 15 is 0 Å². The minimum absolute atomic E-state index is 0.0195. The molecule has 0 saturated heterocycles. The molecule has 1 aromatic carbocycles. The molecule has 0 aliphatic heterocycles. The number of nitrogens with zero attached hydrogens (tertiary/aromatic N) is 3. The molecule has 26 heavy (non-hydrogen) atoms. The lowest BCUT2D eigenvalue weighted by atomic mass is 10.1. The average Bonchev–Trinajstić information content (AvgIpc) is 3.43. The van der Waals surface area contributed by atoms with Crippen molar-refractivity contribution >= 4 is 34.1 Å². The van der Waals surface area contributed by atoms with Crippen molar-refractivity contribution < 1.29 is 4.39 Å². The zero-order chi connectivity index (χ0) is 18.8. The summed E-state index contributed by atoms with van der Waals surface area (Å²) in [6, 6.07) is 8.14. The first-order valence-corrected chi connectivity index (χ1v) is 8.66. The maximum atomic E-state index is 12.5. The number of nitrogens with two attached hydrogens (primary N) is 2. The Bertz CT molecular complexity index is 1020. The summed E-state index contributed by atoms with van der Waals surface area (Å²) in [5.74, 6) is -0.888. The molecule has 1 aliphatic carbocycles. The van der Waals surface area contributed by atoms with Gasteiger partial charge in [0.05, 0.1) is 16.6 Å². The third-order valence-electron chi connectivity index (χ3n) is 4.17. The van der Waals surface area contributed by atoms with Crippen molar-refractivity contribution in [3.05, 3.63) is 57.3 Å². The molecule has 4 N–H and O–H groups in total. The molecule has 2 heterocycles. The van der Waals surface area contributed by atoms with Crippen LogP contribution in [0.25, 0.3) is 10.8 Å². The van der Waals surface area contributed by atoms with Crippen molar-refractivity contribution in [1.82, 2.24) is 14.5 Å². The fourth-order valence-electron chi connectivity index (χ4n) is 2.79. The minimum atomic E-state index is -0.649. The van der Waals surface area contributed by atoms with Crippen LogP contribution in [-0.4, -0.2) is 14.5 Å². The van der Waals surface area contributed by atoms with E-state index in [4.69, 9.17) is 23.1 Å². The van der Waals surface area contributed by atoms with Crippen molar-refractivity contribution in [2.24, 2.45) is 0 Å². The van der Waals surface area contributed by atoms with Crippen molar-refractivity contribution in [2.45, 2.75) is 32.2 Å². The van der Waals surface area contributed by atoms with Gasteiger partial charge in [-0.15, -0.1) is 0 Å². The van der Waals surface area contributed by atoms with Crippen LogP contribution in [-0.2, 0) is 6.42 Å². The molecule has 0 spiro atoms. The SMILES string of the molecule is CCc1cc2cccc(Cl)c2c(=O)n1C1CC1.Nc1ncc(F)c(N)n1. The number of rotatable bonds is 2. The predicted octanol–water partition coefficient (Wildman–Crippen LogP) is 3.33. The Balaban J connectivity index is 0.000000185. The summed E-state index contributed by atoms with van der Waals surface area (Å²) in [7, 11) is 0. The van der Waals surface area contributed by atoms with E-state index in [-0.39, 0.29) is 17.3 Å². The Morgan fingerprint density at radius 2 is 2.08 bits per heavy atom. The summed E-state index contributed by atoms with van der Waals surface area (Å²) in [6.45, 7) is 2.09. The van der Waals surface area contributed by atoms with Crippen LogP contribution in [0.1, 0.15) is 31.5 Å². The molecule has 136 valence electrons. The number of halogens is 2. The number of nitrogen functional groups attached to an aromatic ring is 2. The zero-order valence-electron chi connectivity index (χ0n) is 14.2. The first kappa shape index (κ1) is 18.1. The number of benzene rings is 1. The second-order valence-corrected chi connectivity index (χ2v) is 6.47. The monoisotopic (exact) mass is 375 g/mol. The van der Waals surface area contributed by atoms with Crippen LogP contribution in [0.2, 0.25) is 5.02 Å². The van der Waals surface area contributed by atoms with Gasteiger partial charge in [0.25, 0.3) is 5.56 Å². The van der Waals surface area contributed by atoms with Crippen molar-refractivity contribution in [2.75, 3.05) is 11.5 Å². The lowest BCUT2D eigenvalue weighted by Gasteiger charge is -2.12. The van der Waals surface area contributed by atoms with Crippen molar-refractivity contribution in [1.29, 1.82) is 0 Å². The molecule has 1 fully saturated rings. The topological polar surface area (TPSA) is 99.8 Å². The van der Waals surface area contributed by atoms with Crippen LogP contribution < -0.4 is 17.0 Å². The summed E-state index contributed by atoms with van der Waals surface area (Å²) in [6.07, 6.45) is 4.04. The molecule has 0 bridgehead atoms. The molecular formula is C18H19ClFN5O. The Kier molecular flexibility index (Phi) is 5.08. The summed E-state index contributed by atoms with van der Waals surface area (Å²) in [5.41, 5.74) is 11.3. The van der Waals surface area contributed by atoms with Crippen LogP contribution in [0.15, 0.2) is 35.3 Å². The Hall–Kier alpha value is -2.67. The van der Waals surface area contributed by atoms with Crippen LogP contribution in [0, 0.1) is 5.82 Å². The first-order chi connectivity index (χ1) is 12.4. The summed E-state index contributed by atoms with van der Waals surface area (Å²) in [5, 5.41) is 2.18. The second-order valence-electron chi connectivity index (χ2n) is 6.06. The van der Waals surface area contributed by atoms with Gasteiger partial charge in [-0.1, -0.05) is 30.7 Å². The lowest BCUT2D eigenvalue weighted by Crippen LogP contribution is -2.22. The molecule has 3 aromatic rings. The van der Waals surface area contributed by atoms with Gasteiger partial charge in [0.2, 0.25) is 5.95 Å². The minimum Gasteiger partial charge on any atom is -0.381 e. The van der Waals surface area contributed by atoms with Crippen molar-refractivity contribution in [3.8, 4) is 0 Å². The molecule has 8 heteroatoms. The van der Waals surface area contributed by atoms with E-state index in [1.54, 1.807) is 6.07 Å². The van der Waals surface area contributed by atoms with E-state index in [0.29, 0.717) is 16.5 Å². The largest absolute Gasteiger partial charge is 0.381 e. The van der Waals surface area contributed by atoms with E-state index in [9.17, 15) is 9.18 Å². The van der Waals surface area contributed by atoms with Crippen LogP contribution in [0.4, 0.5) is 16.2 Å². The molecule has 6 nitrogen and oxygen atoms in total. The highest BCUT2D eigenvalue weighted by atomic mass is 35.5. The van der Waals surface area contributed by atoms with Gasteiger partial charge in [-0.05, 0) is 36.8 Å². The van der Waals surface area contributed by atoms with Gasteiger partial charge in [-0.2, -0.15) is 4.98 Å². The molecule has 1 saturated carbocycles. The number of aryl methyl sites for hydroxylation is 1. The standard InChI is InChI=1S/C14H14ClNO.C4H5FN4/c1-2-10-8-9-4-3-5-12(15)13(9)14(17)16(10)11-6-7-11;5-2-1-8-4(7)9-3(2)6/h3-5,8,11H,2,6-7H2,1H3;1H,(H4,6,7,8,9). The number of anilines is 2. The highest BCUT2D eigenvalue weighted by molar-refractivity contribution is 6.35. The van der Waals surface area contributed by atoms with Gasteiger partial charge >= 0.3 is 0 Å². The fourth-order valence-corrected chi connectivity index (χ4v) is 3.05. The summed E-state index contributed by atoms with van der Waals surface area (Å²) >= 11 is 6.14. The highest BCUT2D eigenvalue weighted by Crippen LogP contribution is 2.35. The van der Waals surface area contributed by atoms with E-state index in [1.165, 1.54) is 0 Å². The number of hydrogen-bond donors (Lipinski definition) is 2. The molecular weight excluding hydrogens is 357 g/mol. The number of fused-ring (bicyclic) bond motifs is 1. The van der Waals surface area contributed by atoms with Gasteiger partial charge in [0.1, 0.15) is 0 Å². The predicted molar refractivity (Wildman–Crippen MR) is 102 cm³/mol. The van der Waals surface area contributed by atoms with Gasteiger partial charge < -0.3 is 16.0 Å². The number of hydrogen-bond acceptors (Lipinski definition) is 5. The Morgan fingerprint density at radius 1 is 1.35 bits per heavy atom. The molecule has 0 amide bonds. The quantitative estimate of drug-likeness (QED) is 0.715. The summed E-state index contributed by atoms with van der Waals surface area (Å²) in [4.78, 5) is 19.2. The first-order valence-electron chi connectivity index (χ1n) is 8.28. The highest BCUT2D eigenvalue weighted by Gasteiger charge is 2.27. The number of aromatic nitrogens is 3. The number of pyridine rings is 1. The Labute approximate surface area is 154 Å². The Morgan fingerprint density at radius 3 is 2.65 bits per heavy atom. The van der Waals surface area contributed by atoms with Gasteiger partial charge in [-0.3, -0.25) is 4.79 Å². The maximum Gasteiger partial charge on any atom is 0.260 e. The normalized spacial score (nSPS) is 13.3. The van der Waals surface area contributed by atoms with Crippen LogP contribution >= 0.6 is 11.6 Å².